The predicted octanol–water partition coefficient (Wildman–Crippen LogP) is 2.54. The Morgan fingerprint density at radius 1 is 1.00 bits per heavy atom. The van der Waals surface area contributed by atoms with E-state index in [0.29, 0.717) is 17.9 Å². The van der Waals surface area contributed by atoms with Crippen molar-refractivity contribution in [2.75, 3.05) is 18.5 Å². The summed E-state index contributed by atoms with van der Waals surface area (Å²) in [5.74, 6) is -1.25. The van der Waals surface area contributed by atoms with Crippen LogP contribution in [0.15, 0.2) is 47.6 Å². The molecule has 0 spiro atoms. The van der Waals surface area contributed by atoms with Crippen molar-refractivity contribution in [2.24, 2.45) is 11.0 Å². The van der Waals surface area contributed by atoms with Crippen molar-refractivity contribution in [1.82, 2.24) is 10.7 Å². The molecule has 3 N–H and O–H groups in total. The molecule has 0 heterocycles. The number of rotatable bonds is 8. The maximum Gasteiger partial charge on any atom is 0.329 e. The van der Waals surface area contributed by atoms with Crippen LogP contribution in [0.25, 0.3) is 0 Å². The molecule has 3 amide bonds. The Kier molecular flexibility index (Phi) is 8.75. The van der Waals surface area contributed by atoms with E-state index < -0.39 is 11.8 Å². The molecule has 31 heavy (non-hydrogen) atoms. The maximum absolute atomic E-state index is 12.3. The van der Waals surface area contributed by atoms with E-state index in [4.69, 9.17) is 4.74 Å². The molecular weight excluding hydrogens is 396 g/mol. The molecule has 0 aliphatic carbocycles. The minimum atomic E-state index is -0.858. The van der Waals surface area contributed by atoms with Gasteiger partial charge in [-0.3, -0.25) is 14.4 Å². The third kappa shape index (κ3) is 7.58. The van der Waals surface area contributed by atoms with Crippen molar-refractivity contribution in [1.29, 1.82) is 0 Å². The molecule has 0 aromatic heterocycles. The predicted molar refractivity (Wildman–Crippen MR) is 120 cm³/mol. The van der Waals surface area contributed by atoms with E-state index in [9.17, 15) is 14.4 Å². The van der Waals surface area contributed by atoms with Crippen molar-refractivity contribution in [3.8, 4) is 5.75 Å². The summed E-state index contributed by atoms with van der Waals surface area (Å²) in [6.07, 6.45) is 1.35. The molecule has 0 bridgehead atoms. The van der Waals surface area contributed by atoms with E-state index in [1.165, 1.54) is 6.21 Å². The highest BCUT2D eigenvalue weighted by molar-refractivity contribution is 6.35. The fourth-order valence-corrected chi connectivity index (χ4v) is 2.64. The van der Waals surface area contributed by atoms with E-state index in [0.717, 1.165) is 16.8 Å². The van der Waals surface area contributed by atoms with Crippen molar-refractivity contribution in [2.45, 2.75) is 27.7 Å². The van der Waals surface area contributed by atoms with Crippen LogP contribution in [0.3, 0.4) is 0 Å². The number of nitrogens with one attached hydrogen (secondary N) is 3. The molecule has 8 nitrogen and oxygen atoms in total. The number of benzene rings is 2. The number of anilines is 1. The van der Waals surface area contributed by atoms with Gasteiger partial charge in [-0.05, 0) is 43.0 Å². The fourth-order valence-electron chi connectivity index (χ4n) is 2.64. The standard InChI is InChI=1S/C23H28N4O4/c1-15(2)12-24-22(29)23(30)27-25-13-18-10-5-6-11-19(18)31-14-20(28)26-21-16(3)8-7-9-17(21)4/h5-11,13,15H,12,14H2,1-4H3,(H,24,29)(H,26,28)(H,27,30)/b25-13-. The van der Waals surface area contributed by atoms with Gasteiger partial charge in [0.25, 0.3) is 5.91 Å². The summed E-state index contributed by atoms with van der Waals surface area (Å²) in [4.78, 5) is 35.7. The van der Waals surface area contributed by atoms with Crippen LogP contribution in [-0.2, 0) is 14.4 Å². The largest absolute Gasteiger partial charge is 0.483 e. The molecule has 0 atom stereocenters. The second-order valence-electron chi connectivity index (χ2n) is 7.44. The number of carbonyl (C=O) groups excluding carboxylic acids is 3. The topological polar surface area (TPSA) is 109 Å². The average molecular weight is 425 g/mol. The third-order valence-electron chi connectivity index (χ3n) is 4.27. The van der Waals surface area contributed by atoms with Gasteiger partial charge in [-0.2, -0.15) is 5.10 Å². The number of ether oxygens (including phenoxy) is 1. The van der Waals surface area contributed by atoms with Gasteiger partial charge in [0.05, 0.1) is 6.21 Å². The monoisotopic (exact) mass is 424 g/mol. The Balaban J connectivity index is 1.93. The lowest BCUT2D eigenvalue weighted by Crippen LogP contribution is -2.39. The fraction of sp³-hybridized carbons (Fsp3) is 0.304. The minimum absolute atomic E-state index is 0.192. The third-order valence-corrected chi connectivity index (χ3v) is 4.27. The lowest BCUT2D eigenvalue weighted by atomic mass is 10.1. The number of carbonyl (C=O) groups is 3. The first-order valence-corrected chi connectivity index (χ1v) is 9.97. The minimum Gasteiger partial charge on any atom is -0.483 e. The summed E-state index contributed by atoms with van der Waals surface area (Å²) in [5, 5.41) is 9.17. The van der Waals surface area contributed by atoms with Crippen molar-refractivity contribution in [3.63, 3.8) is 0 Å². The van der Waals surface area contributed by atoms with Crippen LogP contribution in [0.4, 0.5) is 5.69 Å². The summed E-state index contributed by atoms with van der Waals surface area (Å²) in [5.41, 5.74) is 5.42. The highest BCUT2D eigenvalue weighted by Crippen LogP contribution is 2.20. The van der Waals surface area contributed by atoms with Crippen molar-refractivity contribution >= 4 is 29.6 Å². The van der Waals surface area contributed by atoms with Gasteiger partial charge in [0, 0.05) is 17.8 Å². The molecule has 0 saturated carbocycles. The summed E-state index contributed by atoms with van der Waals surface area (Å²) in [7, 11) is 0. The van der Waals surface area contributed by atoms with E-state index in [2.05, 4.69) is 21.2 Å². The van der Waals surface area contributed by atoms with Crippen LogP contribution in [0.2, 0.25) is 0 Å². The van der Waals surface area contributed by atoms with E-state index in [-0.39, 0.29) is 18.4 Å². The molecule has 0 radical (unpaired) electrons. The van der Waals surface area contributed by atoms with Gasteiger partial charge in [-0.15, -0.1) is 0 Å². The van der Waals surface area contributed by atoms with Crippen LogP contribution in [0, 0.1) is 19.8 Å². The second-order valence-corrected chi connectivity index (χ2v) is 7.44. The summed E-state index contributed by atoms with van der Waals surface area (Å²) >= 11 is 0. The van der Waals surface area contributed by atoms with Gasteiger partial charge in [0.1, 0.15) is 5.75 Å². The van der Waals surface area contributed by atoms with Gasteiger partial charge in [0.2, 0.25) is 0 Å². The van der Waals surface area contributed by atoms with Gasteiger partial charge < -0.3 is 15.4 Å². The molecule has 164 valence electrons. The lowest BCUT2D eigenvalue weighted by Gasteiger charge is -2.13. The maximum atomic E-state index is 12.3. The summed E-state index contributed by atoms with van der Waals surface area (Å²) in [6, 6.07) is 12.7. The number of hydrogen-bond acceptors (Lipinski definition) is 5. The lowest BCUT2D eigenvalue weighted by molar-refractivity contribution is -0.139. The molecule has 0 fully saturated rings. The van der Waals surface area contributed by atoms with Crippen molar-refractivity contribution < 1.29 is 19.1 Å². The first kappa shape index (κ1) is 23.6. The van der Waals surface area contributed by atoms with E-state index >= 15 is 0 Å². The molecule has 2 aromatic rings. The molecule has 0 aliphatic rings. The Bertz CT molecular complexity index is 950. The van der Waals surface area contributed by atoms with Crippen LogP contribution >= 0.6 is 0 Å². The Hall–Kier alpha value is -3.68. The quantitative estimate of drug-likeness (QED) is 0.344. The molecule has 8 heteroatoms. The highest BCUT2D eigenvalue weighted by Gasteiger charge is 2.13. The number of hydrogen-bond donors (Lipinski definition) is 3. The zero-order valence-electron chi connectivity index (χ0n) is 18.2. The van der Waals surface area contributed by atoms with E-state index in [1.54, 1.807) is 24.3 Å². The summed E-state index contributed by atoms with van der Waals surface area (Å²) < 4.78 is 5.63. The SMILES string of the molecule is Cc1cccc(C)c1NC(=O)COc1ccccc1/C=N\NC(=O)C(=O)NCC(C)C. The zero-order valence-corrected chi connectivity index (χ0v) is 18.2. The Labute approximate surface area is 182 Å². The second kappa shape index (κ2) is 11.5. The van der Waals surface area contributed by atoms with Crippen LogP contribution in [0.1, 0.15) is 30.5 Å². The first-order valence-electron chi connectivity index (χ1n) is 9.97. The Morgan fingerprint density at radius 3 is 2.35 bits per heavy atom. The van der Waals surface area contributed by atoms with Crippen LogP contribution < -0.4 is 20.8 Å². The molecule has 2 aromatic carbocycles. The van der Waals surface area contributed by atoms with Crippen LogP contribution in [0.5, 0.6) is 5.75 Å². The number of nitrogens with zero attached hydrogens (tertiary/aromatic N) is 1. The normalized spacial score (nSPS) is 10.7. The number of aryl methyl sites for hydroxylation is 2. The number of para-hydroxylation sites is 2. The van der Waals surface area contributed by atoms with Gasteiger partial charge in [-0.1, -0.05) is 44.2 Å². The average Bonchev–Trinajstić information content (AvgIpc) is 2.73. The zero-order chi connectivity index (χ0) is 22.8. The van der Waals surface area contributed by atoms with Crippen molar-refractivity contribution in [3.05, 3.63) is 59.2 Å². The molecule has 0 unspecified atom stereocenters. The highest BCUT2D eigenvalue weighted by atomic mass is 16.5. The molecular formula is C23H28N4O4. The number of amides is 3. The van der Waals surface area contributed by atoms with E-state index in [1.807, 2.05) is 45.9 Å². The number of hydrazone groups is 1. The molecule has 2 rings (SSSR count). The summed E-state index contributed by atoms with van der Waals surface area (Å²) in [6.45, 7) is 7.91. The van der Waals surface area contributed by atoms with Crippen LogP contribution in [-0.4, -0.2) is 37.1 Å². The van der Waals surface area contributed by atoms with Gasteiger partial charge >= 0.3 is 11.8 Å². The molecule has 0 saturated heterocycles. The van der Waals surface area contributed by atoms with Gasteiger partial charge in [0.15, 0.2) is 6.61 Å². The Morgan fingerprint density at radius 2 is 1.68 bits per heavy atom. The smallest absolute Gasteiger partial charge is 0.329 e. The van der Waals surface area contributed by atoms with Gasteiger partial charge in [-0.25, -0.2) is 5.43 Å². The first-order chi connectivity index (χ1) is 14.8. The molecule has 0 aliphatic heterocycles.